The van der Waals surface area contributed by atoms with Crippen LogP contribution in [0, 0.1) is 23.5 Å². The normalized spacial score (nSPS) is 11.4. The fourth-order valence-corrected chi connectivity index (χ4v) is 2.89. The fourth-order valence-electron chi connectivity index (χ4n) is 2.89. The van der Waals surface area contributed by atoms with Crippen LogP contribution in [-0.2, 0) is 6.42 Å². The monoisotopic (exact) mass is 392 g/mol. The molecule has 0 aliphatic carbocycles. The van der Waals surface area contributed by atoms with Gasteiger partial charge in [-0.3, -0.25) is 4.39 Å². The number of alkyl halides is 4. The van der Waals surface area contributed by atoms with E-state index in [0.29, 0.717) is 18.4 Å². The highest BCUT2D eigenvalue weighted by Gasteiger charge is 2.24. The molecule has 0 aliphatic heterocycles. The average Bonchev–Trinajstić information content (AvgIpc) is 2.65. The van der Waals surface area contributed by atoms with Gasteiger partial charge < -0.3 is 0 Å². The minimum absolute atomic E-state index is 0.0174. The number of hydrogen-bond acceptors (Lipinski definition) is 0. The van der Waals surface area contributed by atoms with Crippen LogP contribution in [0.1, 0.15) is 17.5 Å². The fraction of sp³-hybridized carbons (Fsp3) is 0.182. The third-order valence-electron chi connectivity index (χ3n) is 4.24. The van der Waals surface area contributed by atoms with E-state index in [1.807, 2.05) is 24.3 Å². The summed E-state index contributed by atoms with van der Waals surface area (Å²) in [5.41, 5.74) is 1.56. The largest absolute Gasteiger partial charge is 0.458 e. The molecule has 0 saturated carbocycles. The highest BCUT2D eigenvalue weighted by atomic mass is 19.4. The summed E-state index contributed by atoms with van der Waals surface area (Å²) >= 11 is 0. The van der Waals surface area contributed by atoms with Crippen LogP contribution in [0.25, 0.3) is 21.9 Å². The van der Waals surface area contributed by atoms with Crippen molar-refractivity contribution in [3.63, 3.8) is 0 Å². The van der Waals surface area contributed by atoms with Crippen LogP contribution in [0.3, 0.4) is 0 Å². The molecule has 0 saturated heterocycles. The molecule has 0 atom stereocenters. The smallest absolute Gasteiger partial charge is 0.251 e. The molecule has 0 unspecified atom stereocenters. The summed E-state index contributed by atoms with van der Waals surface area (Å²) in [5.74, 6) is 0.141. The molecule has 0 amide bonds. The van der Waals surface area contributed by atoms with Crippen LogP contribution in [0.5, 0.6) is 0 Å². The van der Waals surface area contributed by atoms with E-state index in [1.54, 1.807) is 12.1 Å². The van der Waals surface area contributed by atoms with Crippen LogP contribution >= 0.6 is 0 Å². The van der Waals surface area contributed by atoms with E-state index in [0.717, 1.165) is 23.1 Å². The van der Waals surface area contributed by atoms with Crippen LogP contribution in [0.15, 0.2) is 48.5 Å². The van der Waals surface area contributed by atoms with Gasteiger partial charge in [-0.05, 0) is 47.1 Å². The Bertz CT molecular complexity index is 1050. The summed E-state index contributed by atoms with van der Waals surface area (Å²) < 4.78 is 77.5. The third kappa shape index (κ3) is 4.48. The minimum Gasteiger partial charge on any atom is -0.251 e. The van der Waals surface area contributed by atoms with E-state index in [2.05, 4.69) is 0 Å². The van der Waals surface area contributed by atoms with Crippen molar-refractivity contribution in [2.75, 3.05) is 6.67 Å². The van der Waals surface area contributed by atoms with E-state index in [1.165, 1.54) is 12.0 Å². The molecule has 0 bridgehead atoms. The maximum atomic E-state index is 14.5. The molecule has 0 fully saturated rings. The first kappa shape index (κ1) is 19.8. The van der Waals surface area contributed by atoms with Crippen molar-refractivity contribution in [1.82, 2.24) is 0 Å². The standard InChI is InChI=1S/C22H14F6/c23-11-1-2-14-3-5-15(6-4-14)16-7-8-18-17(12-16)13-20(24)19(21(18)25)9-10-22(26,27)28/h3-8,12-13H,1-2,11H2. The van der Waals surface area contributed by atoms with Crippen LogP contribution in [0.2, 0.25) is 0 Å². The predicted octanol–water partition coefficient (Wildman–Crippen LogP) is 6.60. The number of halogens is 6. The Hall–Kier alpha value is -2.94. The molecule has 28 heavy (non-hydrogen) atoms. The van der Waals surface area contributed by atoms with E-state index in [-0.39, 0.29) is 17.4 Å². The van der Waals surface area contributed by atoms with Crippen molar-refractivity contribution in [2.45, 2.75) is 19.0 Å². The average molecular weight is 392 g/mol. The second-order valence-corrected chi connectivity index (χ2v) is 6.22. The molecule has 0 aromatic heterocycles. The van der Waals surface area contributed by atoms with Crippen molar-refractivity contribution >= 4 is 10.8 Å². The maximum absolute atomic E-state index is 14.5. The van der Waals surface area contributed by atoms with E-state index >= 15 is 0 Å². The van der Waals surface area contributed by atoms with Gasteiger partial charge in [0.05, 0.1) is 12.2 Å². The second kappa shape index (κ2) is 7.97. The lowest BCUT2D eigenvalue weighted by molar-refractivity contribution is -0.0696. The van der Waals surface area contributed by atoms with Crippen LogP contribution in [-0.4, -0.2) is 12.9 Å². The van der Waals surface area contributed by atoms with Gasteiger partial charge in [0.2, 0.25) is 0 Å². The number of fused-ring (bicyclic) bond motifs is 1. The summed E-state index contributed by atoms with van der Waals surface area (Å²) in [7, 11) is 0. The van der Waals surface area contributed by atoms with Gasteiger partial charge in [-0.2, -0.15) is 13.2 Å². The number of rotatable bonds is 4. The lowest BCUT2D eigenvalue weighted by Crippen LogP contribution is -2.02. The van der Waals surface area contributed by atoms with Gasteiger partial charge in [-0.15, -0.1) is 0 Å². The maximum Gasteiger partial charge on any atom is 0.458 e. The lowest BCUT2D eigenvalue weighted by Gasteiger charge is -2.08. The Morgan fingerprint density at radius 2 is 1.54 bits per heavy atom. The highest BCUT2D eigenvalue weighted by Crippen LogP contribution is 2.29. The Kier molecular flexibility index (Phi) is 5.64. The molecule has 0 nitrogen and oxygen atoms in total. The third-order valence-corrected chi connectivity index (χ3v) is 4.24. The van der Waals surface area contributed by atoms with E-state index < -0.39 is 23.4 Å². The summed E-state index contributed by atoms with van der Waals surface area (Å²) in [4.78, 5) is 0. The molecule has 0 N–H and O–H groups in total. The molecule has 3 aromatic carbocycles. The molecule has 0 aliphatic rings. The van der Waals surface area contributed by atoms with Gasteiger partial charge in [0.25, 0.3) is 0 Å². The first-order chi connectivity index (χ1) is 13.3. The molecule has 6 heteroatoms. The molecule has 0 spiro atoms. The number of aryl methyl sites for hydroxylation is 1. The van der Waals surface area contributed by atoms with Gasteiger partial charge in [-0.25, -0.2) is 8.78 Å². The predicted molar refractivity (Wildman–Crippen MR) is 96.5 cm³/mol. The van der Waals surface area contributed by atoms with Crippen LogP contribution in [0.4, 0.5) is 26.3 Å². The summed E-state index contributed by atoms with van der Waals surface area (Å²) in [6.45, 7) is -0.390. The zero-order chi connectivity index (χ0) is 20.3. The molecule has 0 heterocycles. The zero-order valence-electron chi connectivity index (χ0n) is 14.5. The molecule has 3 rings (SSSR count). The Balaban J connectivity index is 1.99. The summed E-state index contributed by atoms with van der Waals surface area (Å²) in [6, 6.07) is 12.9. The first-order valence-corrected chi connectivity index (χ1v) is 8.45. The Morgan fingerprint density at radius 1 is 0.857 bits per heavy atom. The quantitative estimate of drug-likeness (QED) is 0.347. The van der Waals surface area contributed by atoms with Gasteiger partial charge in [0.15, 0.2) is 0 Å². The molecular weight excluding hydrogens is 378 g/mol. The van der Waals surface area contributed by atoms with Gasteiger partial charge in [0, 0.05) is 11.3 Å². The highest BCUT2D eigenvalue weighted by molar-refractivity contribution is 5.89. The van der Waals surface area contributed by atoms with Crippen molar-refractivity contribution in [3.05, 3.63) is 71.3 Å². The van der Waals surface area contributed by atoms with Gasteiger partial charge in [-0.1, -0.05) is 42.3 Å². The minimum atomic E-state index is -4.84. The molecular formula is C22H14F6. The lowest BCUT2D eigenvalue weighted by atomic mass is 9.98. The SMILES string of the molecule is FCCCc1ccc(-c2ccc3c(F)c(C#CC(F)(F)F)c(F)cc3c2)cc1. The van der Waals surface area contributed by atoms with Crippen molar-refractivity contribution < 1.29 is 26.3 Å². The Morgan fingerprint density at radius 3 is 2.18 bits per heavy atom. The molecule has 144 valence electrons. The first-order valence-electron chi connectivity index (χ1n) is 8.45. The summed E-state index contributed by atoms with van der Waals surface area (Å²) in [6.07, 6.45) is -3.78. The van der Waals surface area contributed by atoms with E-state index in [4.69, 9.17) is 0 Å². The number of benzene rings is 3. The van der Waals surface area contributed by atoms with Gasteiger partial charge >= 0.3 is 6.18 Å². The summed E-state index contributed by atoms with van der Waals surface area (Å²) in [5, 5.41) is 0.197. The number of hydrogen-bond donors (Lipinski definition) is 0. The van der Waals surface area contributed by atoms with Gasteiger partial charge in [0.1, 0.15) is 11.6 Å². The van der Waals surface area contributed by atoms with E-state index in [9.17, 15) is 26.3 Å². The molecule has 0 radical (unpaired) electrons. The van der Waals surface area contributed by atoms with Crippen LogP contribution < -0.4 is 0 Å². The van der Waals surface area contributed by atoms with Crippen molar-refractivity contribution in [3.8, 4) is 23.0 Å². The van der Waals surface area contributed by atoms with Crippen molar-refractivity contribution in [2.24, 2.45) is 0 Å². The Labute approximate surface area is 157 Å². The second-order valence-electron chi connectivity index (χ2n) is 6.22. The molecule has 3 aromatic rings. The topological polar surface area (TPSA) is 0 Å². The zero-order valence-corrected chi connectivity index (χ0v) is 14.5. The van der Waals surface area contributed by atoms with Crippen molar-refractivity contribution in [1.29, 1.82) is 0 Å².